The predicted molar refractivity (Wildman–Crippen MR) is 81.4 cm³/mol. The molecule has 1 aromatic rings. The summed E-state index contributed by atoms with van der Waals surface area (Å²) in [6.07, 6.45) is 0.116. The van der Waals surface area contributed by atoms with Gasteiger partial charge in [0.25, 0.3) is 0 Å². The number of carbonyl (C=O) groups excluding carboxylic acids is 2. The third-order valence-electron chi connectivity index (χ3n) is 3.10. The lowest BCUT2D eigenvalue weighted by atomic mass is 9.92. The van der Waals surface area contributed by atoms with E-state index < -0.39 is 17.2 Å². The number of aldehydes is 1. The fourth-order valence-corrected chi connectivity index (χ4v) is 2.03. The third kappa shape index (κ3) is 4.17. The summed E-state index contributed by atoms with van der Waals surface area (Å²) in [6, 6.07) is 3.30. The minimum atomic E-state index is -1.18. The van der Waals surface area contributed by atoms with Crippen LogP contribution >= 0.6 is 11.6 Å². The minimum absolute atomic E-state index is 0.274. The highest BCUT2D eigenvalue weighted by Gasteiger charge is 2.37. The van der Waals surface area contributed by atoms with Crippen molar-refractivity contribution in [3.8, 4) is 0 Å². The minimum Gasteiger partial charge on any atom is -0.444 e. The molecule has 6 heteroatoms. The Balaban J connectivity index is 3.19. The van der Waals surface area contributed by atoms with Gasteiger partial charge < -0.3 is 9.53 Å². The molecule has 0 aliphatic heterocycles. The molecule has 0 bridgehead atoms. The molecule has 21 heavy (non-hydrogen) atoms. The average Bonchev–Trinajstić information content (AvgIpc) is 2.33. The molecule has 0 saturated heterocycles. The molecule has 0 fully saturated rings. The Bertz CT molecular complexity index is 534. The summed E-state index contributed by atoms with van der Waals surface area (Å²) in [4.78, 5) is 29.2. The zero-order chi connectivity index (χ0) is 16.4. The van der Waals surface area contributed by atoms with E-state index in [9.17, 15) is 9.59 Å². The number of pyridine rings is 1. The lowest BCUT2D eigenvalue weighted by Crippen LogP contribution is -2.48. The maximum Gasteiger partial charge on any atom is 0.411 e. The Hall–Kier alpha value is -1.62. The fourth-order valence-electron chi connectivity index (χ4n) is 1.78. The van der Waals surface area contributed by atoms with Crippen LogP contribution in [-0.4, -0.2) is 34.9 Å². The zero-order valence-electron chi connectivity index (χ0n) is 13.2. The summed E-state index contributed by atoms with van der Waals surface area (Å²) < 4.78 is 5.31. The number of carbonyl (C=O) groups is 2. The van der Waals surface area contributed by atoms with E-state index in [2.05, 4.69) is 4.98 Å². The lowest BCUT2D eigenvalue weighted by Gasteiger charge is -2.35. The van der Waals surface area contributed by atoms with Crippen LogP contribution in [0.3, 0.4) is 0 Å². The van der Waals surface area contributed by atoms with Crippen molar-refractivity contribution in [1.29, 1.82) is 0 Å². The molecular formula is C15H21ClN2O3. The Morgan fingerprint density at radius 3 is 2.33 bits per heavy atom. The first-order valence-electron chi connectivity index (χ1n) is 6.57. The summed E-state index contributed by atoms with van der Waals surface area (Å²) in [5.41, 5.74) is -0.563. The highest BCUT2D eigenvalue weighted by molar-refractivity contribution is 6.29. The number of aromatic nitrogens is 1. The second kappa shape index (κ2) is 6.02. The first-order chi connectivity index (χ1) is 9.49. The van der Waals surface area contributed by atoms with Crippen LogP contribution in [0.5, 0.6) is 0 Å². The number of halogens is 1. The second-order valence-electron chi connectivity index (χ2n) is 6.12. The van der Waals surface area contributed by atoms with Crippen LogP contribution in [0.2, 0.25) is 5.15 Å². The molecule has 5 nitrogen and oxygen atoms in total. The van der Waals surface area contributed by atoms with Gasteiger partial charge in [-0.2, -0.15) is 0 Å². The van der Waals surface area contributed by atoms with Crippen molar-refractivity contribution in [3.63, 3.8) is 0 Å². The van der Waals surface area contributed by atoms with Crippen molar-refractivity contribution in [2.75, 3.05) is 7.05 Å². The van der Waals surface area contributed by atoms with Crippen LogP contribution < -0.4 is 0 Å². The van der Waals surface area contributed by atoms with Crippen LogP contribution in [0.15, 0.2) is 12.1 Å². The Morgan fingerprint density at radius 1 is 1.33 bits per heavy atom. The molecule has 0 spiro atoms. The molecule has 1 aromatic heterocycles. The van der Waals surface area contributed by atoms with Gasteiger partial charge in [-0.05, 0) is 52.3 Å². The van der Waals surface area contributed by atoms with Gasteiger partial charge in [-0.15, -0.1) is 0 Å². The smallest absolute Gasteiger partial charge is 0.411 e. The topological polar surface area (TPSA) is 59.5 Å². The largest absolute Gasteiger partial charge is 0.444 e. The lowest BCUT2D eigenvalue weighted by molar-refractivity contribution is -0.117. The molecule has 0 N–H and O–H groups in total. The molecule has 0 saturated carbocycles. The Kier molecular flexibility index (Phi) is 4.99. The Morgan fingerprint density at radius 2 is 1.90 bits per heavy atom. The van der Waals surface area contributed by atoms with E-state index in [1.54, 1.807) is 46.8 Å². The van der Waals surface area contributed by atoms with E-state index in [0.717, 1.165) is 0 Å². The van der Waals surface area contributed by atoms with Gasteiger partial charge in [0, 0.05) is 12.7 Å². The van der Waals surface area contributed by atoms with Crippen LogP contribution in [0.1, 0.15) is 39.0 Å². The highest BCUT2D eigenvalue weighted by atomic mass is 35.5. The summed E-state index contributed by atoms with van der Waals surface area (Å²) >= 11 is 5.94. The predicted octanol–water partition coefficient (Wildman–Crippen LogP) is 3.32. The van der Waals surface area contributed by atoms with Gasteiger partial charge in [0.15, 0.2) is 0 Å². The molecule has 0 aliphatic rings. The molecule has 1 heterocycles. The van der Waals surface area contributed by atoms with Gasteiger partial charge in [0.05, 0.1) is 0 Å². The monoisotopic (exact) mass is 312 g/mol. The summed E-state index contributed by atoms with van der Waals surface area (Å²) in [5, 5.41) is 0.274. The Labute approximate surface area is 130 Å². The van der Waals surface area contributed by atoms with Crippen molar-refractivity contribution >= 4 is 24.0 Å². The van der Waals surface area contributed by atoms with E-state index >= 15 is 0 Å². The average molecular weight is 313 g/mol. The number of likely N-dealkylation sites (N-methyl/N-ethyl adjacent to an activating group) is 1. The maximum atomic E-state index is 12.2. The first-order valence-corrected chi connectivity index (χ1v) is 6.95. The molecule has 0 aromatic carbocycles. The zero-order valence-corrected chi connectivity index (χ0v) is 14.0. The number of hydrogen-bond donors (Lipinski definition) is 0. The number of aryl methyl sites for hydroxylation is 1. The van der Waals surface area contributed by atoms with Gasteiger partial charge in [-0.3, -0.25) is 4.90 Å². The second-order valence-corrected chi connectivity index (χ2v) is 6.51. The number of nitrogens with zero attached hydrogens (tertiary/aromatic N) is 2. The van der Waals surface area contributed by atoms with Crippen molar-refractivity contribution in [2.24, 2.45) is 0 Å². The first kappa shape index (κ1) is 17.4. The number of amides is 1. The highest BCUT2D eigenvalue weighted by Crippen LogP contribution is 2.28. The van der Waals surface area contributed by atoms with Crippen molar-refractivity contribution in [1.82, 2.24) is 9.88 Å². The summed E-state index contributed by atoms with van der Waals surface area (Å²) in [7, 11) is 1.52. The van der Waals surface area contributed by atoms with Gasteiger partial charge in [-0.1, -0.05) is 11.6 Å². The molecule has 0 aliphatic carbocycles. The van der Waals surface area contributed by atoms with E-state index in [4.69, 9.17) is 16.3 Å². The maximum absolute atomic E-state index is 12.2. The SMILES string of the molecule is Cc1cc(C(C)(C=O)N(C)C(=O)OC(C)(C)C)cc(Cl)n1. The van der Waals surface area contributed by atoms with Crippen molar-refractivity contribution in [2.45, 2.75) is 45.8 Å². The van der Waals surface area contributed by atoms with Gasteiger partial charge in [0.2, 0.25) is 0 Å². The molecular weight excluding hydrogens is 292 g/mol. The quantitative estimate of drug-likeness (QED) is 0.634. The number of ether oxygens (including phenoxy) is 1. The molecule has 1 rings (SSSR count). The normalized spacial score (nSPS) is 14.2. The molecule has 1 unspecified atom stereocenters. The molecule has 1 atom stereocenters. The molecule has 1 amide bonds. The van der Waals surface area contributed by atoms with Crippen LogP contribution in [0, 0.1) is 6.92 Å². The van der Waals surface area contributed by atoms with E-state index in [-0.39, 0.29) is 5.15 Å². The molecule has 0 radical (unpaired) electrons. The van der Waals surface area contributed by atoms with Gasteiger partial charge in [0.1, 0.15) is 22.6 Å². The van der Waals surface area contributed by atoms with E-state index in [1.165, 1.54) is 11.9 Å². The van der Waals surface area contributed by atoms with E-state index in [0.29, 0.717) is 17.5 Å². The third-order valence-corrected chi connectivity index (χ3v) is 3.29. The standard InChI is InChI=1S/C15H21ClN2O3/c1-10-7-11(8-12(16)17-10)15(5,9-19)18(6)13(20)21-14(2,3)4/h7-9H,1-6H3. The van der Waals surface area contributed by atoms with Crippen molar-refractivity contribution in [3.05, 3.63) is 28.5 Å². The van der Waals surface area contributed by atoms with E-state index in [1.807, 2.05) is 0 Å². The number of hydrogen-bond acceptors (Lipinski definition) is 4. The van der Waals surface area contributed by atoms with Crippen molar-refractivity contribution < 1.29 is 14.3 Å². The number of rotatable bonds is 3. The molecule has 116 valence electrons. The fraction of sp³-hybridized carbons (Fsp3) is 0.533. The van der Waals surface area contributed by atoms with Crippen LogP contribution in [-0.2, 0) is 15.1 Å². The van der Waals surface area contributed by atoms with Crippen LogP contribution in [0.25, 0.3) is 0 Å². The van der Waals surface area contributed by atoms with Crippen LogP contribution in [0.4, 0.5) is 4.79 Å². The van der Waals surface area contributed by atoms with Gasteiger partial charge >= 0.3 is 6.09 Å². The van der Waals surface area contributed by atoms with Gasteiger partial charge in [-0.25, -0.2) is 9.78 Å². The summed E-state index contributed by atoms with van der Waals surface area (Å²) in [6.45, 7) is 8.71. The summed E-state index contributed by atoms with van der Waals surface area (Å²) in [5.74, 6) is 0.